The lowest BCUT2D eigenvalue weighted by Crippen LogP contribution is -2.55. The Labute approximate surface area is 276 Å². The molecule has 3 rings (SSSR count). The van der Waals surface area contributed by atoms with Crippen molar-refractivity contribution in [3.8, 4) is 0 Å². The topological polar surface area (TPSA) is 174 Å². The zero-order valence-electron chi connectivity index (χ0n) is 27.8. The summed E-state index contributed by atoms with van der Waals surface area (Å²) in [5.41, 5.74) is 18.3. The van der Waals surface area contributed by atoms with E-state index in [9.17, 15) is 23.6 Å². The zero-order chi connectivity index (χ0) is 35.0. The van der Waals surface area contributed by atoms with Crippen LogP contribution in [0.2, 0.25) is 0 Å². The number of unbranched alkanes of at least 4 members (excludes halogenated alkanes) is 1. The van der Waals surface area contributed by atoms with Gasteiger partial charge in [0.25, 0.3) is 0 Å². The summed E-state index contributed by atoms with van der Waals surface area (Å²) in [6, 6.07) is 18.5. The van der Waals surface area contributed by atoms with Crippen LogP contribution in [0.5, 0.6) is 0 Å². The summed E-state index contributed by atoms with van der Waals surface area (Å²) in [7, 11) is 1.42. The van der Waals surface area contributed by atoms with Crippen LogP contribution in [-0.2, 0) is 25.6 Å². The predicted molar refractivity (Wildman–Crippen MR) is 184 cm³/mol. The van der Waals surface area contributed by atoms with E-state index in [1.54, 1.807) is 6.08 Å². The number of nitrogens with two attached hydrogens (primary N) is 3. The first kappa shape index (κ1) is 38.6. The van der Waals surface area contributed by atoms with Gasteiger partial charge in [0, 0.05) is 19.0 Å². The monoisotopic (exact) mass is 648 g/mol. The van der Waals surface area contributed by atoms with Crippen LogP contribution in [-0.4, -0.2) is 66.3 Å². The fraction of sp³-hybridized carbons (Fsp3) is 0.389. The second-order valence-corrected chi connectivity index (χ2v) is 12.3. The van der Waals surface area contributed by atoms with Gasteiger partial charge < -0.3 is 32.7 Å². The Kier molecular flexibility index (Phi) is 15.7. The summed E-state index contributed by atoms with van der Waals surface area (Å²) in [4.78, 5) is 51.1. The molecule has 2 unspecified atom stereocenters. The van der Waals surface area contributed by atoms with E-state index in [-0.39, 0.29) is 13.0 Å². The van der Waals surface area contributed by atoms with Crippen LogP contribution in [0.15, 0.2) is 78.9 Å². The van der Waals surface area contributed by atoms with Crippen molar-refractivity contribution in [2.45, 2.75) is 70.5 Å². The number of hydrogen-bond acceptors (Lipinski definition) is 6. The molecule has 10 nitrogen and oxygen atoms in total. The summed E-state index contributed by atoms with van der Waals surface area (Å²) in [6.45, 7) is 5.85. The molecular weight excluding hydrogens is 599 g/mol. The number of likely N-dealkylation sites (N-methyl/N-ethyl adjacent to an activating group) is 1. The van der Waals surface area contributed by atoms with Crippen LogP contribution in [0.4, 0.5) is 4.39 Å². The lowest BCUT2D eigenvalue weighted by Gasteiger charge is -2.29. The highest BCUT2D eigenvalue weighted by Gasteiger charge is 2.30. The minimum atomic E-state index is -1.04. The number of primary amides is 1. The molecule has 11 heteroatoms. The van der Waals surface area contributed by atoms with Gasteiger partial charge in [-0.1, -0.05) is 66.2 Å². The maximum atomic E-state index is 13.4. The highest BCUT2D eigenvalue weighted by Crippen LogP contribution is 2.15. The standard InChI is InChI=1S/C25H39FN6O4.C11H10/c1-25(2,29)13-6-8-21(33)30-16-22(34)32(3)20(15-17-9-11-18(26)12-10-17)24(36)31-19(23(28)35)7-4-5-14-27;1-9-6-7-10-4-2-3-5-11(10)8-9/h6,8-12,19-20H,4-5,7,13-16,27,29H2,1-3H3,(H2,28,35)(H,30,33)(H,31,36);2-8H,1H3/b8-6+;. The van der Waals surface area contributed by atoms with Gasteiger partial charge in [0.2, 0.25) is 23.6 Å². The van der Waals surface area contributed by atoms with Gasteiger partial charge in [0.15, 0.2) is 0 Å². The van der Waals surface area contributed by atoms with E-state index in [4.69, 9.17) is 17.2 Å². The number of benzene rings is 3. The van der Waals surface area contributed by atoms with Gasteiger partial charge in [-0.05, 0) is 87.5 Å². The number of amides is 4. The molecule has 0 saturated heterocycles. The van der Waals surface area contributed by atoms with Crippen molar-refractivity contribution in [2.75, 3.05) is 20.1 Å². The van der Waals surface area contributed by atoms with Gasteiger partial charge in [-0.2, -0.15) is 0 Å². The molecular formula is C36H49FN6O4. The minimum Gasteiger partial charge on any atom is -0.368 e. The summed E-state index contributed by atoms with van der Waals surface area (Å²) < 4.78 is 13.4. The normalized spacial score (nSPS) is 12.5. The predicted octanol–water partition coefficient (Wildman–Crippen LogP) is 3.24. The van der Waals surface area contributed by atoms with Crippen LogP contribution < -0.4 is 27.8 Å². The van der Waals surface area contributed by atoms with Gasteiger partial charge >= 0.3 is 0 Å². The van der Waals surface area contributed by atoms with Gasteiger partial charge in [-0.15, -0.1) is 0 Å². The van der Waals surface area contributed by atoms with Crippen LogP contribution in [0.1, 0.15) is 50.7 Å². The van der Waals surface area contributed by atoms with Gasteiger partial charge in [0.05, 0.1) is 6.54 Å². The summed E-state index contributed by atoms with van der Waals surface area (Å²) in [5, 5.41) is 7.74. The van der Waals surface area contributed by atoms with E-state index in [0.717, 1.165) is 0 Å². The average Bonchev–Trinajstić information content (AvgIpc) is 3.02. The largest absolute Gasteiger partial charge is 0.368 e. The van der Waals surface area contributed by atoms with E-state index in [0.29, 0.717) is 37.8 Å². The lowest BCUT2D eigenvalue weighted by molar-refractivity contribution is -0.139. The zero-order valence-corrected chi connectivity index (χ0v) is 27.8. The Morgan fingerprint density at radius 1 is 0.979 bits per heavy atom. The number of fused-ring (bicyclic) bond motifs is 1. The molecule has 8 N–H and O–H groups in total. The van der Waals surface area contributed by atoms with E-state index in [1.807, 2.05) is 13.8 Å². The summed E-state index contributed by atoms with van der Waals surface area (Å²) >= 11 is 0. The maximum absolute atomic E-state index is 13.4. The molecule has 0 aromatic heterocycles. The fourth-order valence-corrected chi connectivity index (χ4v) is 4.59. The number of nitrogens with zero attached hydrogens (tertiary/aromatic N) is 1. The number of carbonyl (C=O) groups is 4. The molecule has 0 aliphatic carbocycles. The molecule has 0 fully saturated rings. The number of nitrogens with one attached hydrogen (secondary N) is 2. The highest BCUT2D eigenvalue weighted by molar-refractivity contribution is 5.94. The Balaban J connectivity index is 0.000000577. The Morgan fingerprint density at radius 2 is 1.64 bits per heavy atom. The van der Waals surface area contributed by atoms with Crippen molar-refractivity contribution in [1.82, 2.24) is 15.5 Å². The first-order valence-electron chi connectivity index (χ1n) is 15.7. The molecule has 0 aliphatic heterocycles. The van der Waals surface area contributed by atoms with Gasteiger partial charge in [-0.25, -0.2) is 4.39 Å². The molecule has 0 aliphatic rings. The molecule has 0 radical (unpaired) electrons. The Hall–Kier alpha value is -4.61. The Bertz CT molecular complexity index is 1500. The molecule has 4 amide bonds. The number of aryl methyl sites for hydroxylation is 1. The third-order valence-corrected chi connectivity index (χ3v) is 7.34. The minimum absolute atomic E-state index is 0.0576. The van der Waals surface area contributed by atoms with Crippen molar-refractivity contribution in [3.63, 3.8) is 0 Å². The third-order valence-electron chi connectivity index (χ3n) is 7.34. The van der Waals surface area contributed by atoms with Crippen molar-refractivity contribution in [1.29, 1.82) is 0 Å². The second kappa shape index (κ2) is 19.1. The maximum Gasteiger partial charge on any atom is 0.244 e. The van der Waals surface area contributed by atoms with Crippen molar-refractivity contribution in [3.05, 3.63) is 95.8 Å². The molecule has 0 spiro atoms. The summed E-state index contributed by atoms with van der Waals surface area (Å²) in [6.07, 6.45) is 4.99. The average molecular weight is 649 g/mol. The van der Waals surface area contributed by atoms with E-state index >= 15 is 0 Å². The number of halogens is 1. The fourth-order valence-electron chi connectivity index (χ4n) is 4.59. The molecule has 3 aromatic rings. The SMILES string of the molecule is CN(C(=O)CNC(=O)/C=C/CC(C)(C)N)C(Cc1ccc(F)cc1)C(=O)NC(CCCCN)C(N)=O.Cc1ccc2ccccc2c1. The second-order valence-electron chi connectivity index (χ2n) is 12.3. The van der Waals surface area contributed by atoms with Crippen LogP contribution in [0.25, 0.3) is 10.8 Å². The van der Waals surface area contributed by atoms with Crippen molar-refractivity contribution in [2.24, 2.45) is 17.2 Å². The van der Waals surface area contributed by atoms with E-state index in [1.165, 1.54) is 58.6 Å². The van der Waals surface area contributed by atoms with Crippen LogP contribution in [0.3, 0.4) is 0 Å². The van der Waals surface area contributed by atoms with Gasteiger partial charge in [0.1, 0.15) is 17.9 Å². The van der Waals surface area contributed by atoms with Crippen LogP contribution in [0, 0.1) is 12.7 Å². The van der Waals surface area contributed by atoms with E-state index in [2.05, 4.69) is 60.0 Å². The highest BCUT2D eigenvalue weighted by atomic mass is 19.1. The number of carbonyl (C=O) groups excluding carboxylic acids is 4. The Morgan fingerprint density at radius 3 is 2.26 bits per heavy atom. The van der Waals surface area contributed by atoms with Crippen LogP contribution >= 0.6 is 0 Å². The molecule has 47 heavy (non-hydrogen) atoms. The number of rotatable bonds is 15. The molecule has 3 aromatic carbocycles. The number of hydrogen-bond donors (Lipinski definition) is 5. The molecule has 0 bridgehead atoms. The molecule has 254 valence electrons. The third kappa shape index (κ3) is 14.6. The quantitative estimate of drug-likeness (QED) is 0.125. The molecule has 0 saturated carbocycles. The molecule has 2 atom stereocenters. The van der Waals surface area contributed by atoms with Crippen molar-refractivity contribution < 1.29 is 23.6 Å². The lowest BCUT2D eigenvalue weighted by atomic mass is 10.0. The van der Waals surface area contributed by atoms with E-state index < -0.39 is 47.1 Å². The first-order valence-corrected chi connectivity index (χ1v) is 15.7. The van der Waals surface area contributed by atoms with Gasteiger partial charge in [-0.3, -0.25) is 19.2 Å². The molecule has 0 heterocycles. The van der Waals surface area contributed by atoms with Crippen molar-refractivity contribution >= 4 is 34.4 Å². The summed E-state index contributed by atoms with van der Waals surface area (Å²) in [5.74, 6) is -2.74. The smallest absolute Gasteiger partial charge is 0.244 e. The first-order chi connectivity index (χ1) is 22.2.